The number of amides is 2. The zero-order chi connectivity index (χ0) is 44.3. The molecule has 7 aliphatic rings. The van der Waals surface area contributed by atoms with Gasteiger partial charge in [-0.25, -0.2) is 0 Å². The average molecular weight is 861 g/mol. The summed E-state index contributed by atoms with van der Waals surface area (Å²) in [6.45, 7) is 18.5. The van der Waals surface area contributed by atoms with E-state index in [1.54, 1.807) is 24.3 Å². The molecule has 5 N–H and O–H groups in total. The SMILES string of the molecule is CC(C)C1=C2[C@H]3CC[C@H]4C(C)(CC[C@@]56CC[C@]5(C)[C@@H](OC(=O)[C@H]5C[C@@H](C(=O)O)C5(C)C)CC[C@]46C)[C@]3(C)CCC2(CC(=O)NCC(CN)NC(=O)c2ccc(Cl)cc2)CC1=O. The Balaban J connectivity index is 1.01. The van der Waals surface area contributed by atoms with E-state index in [9.17, 15) is 29.1 Å². The van der Waals surface area contributed by atoms with Crippen LogP contribution in [0.15, 0.2) is 35.4 Å². The highest BCUT2D eigenvalue weighted by atomic mass is 35.5. The van der Waals surface area contributed by atoms with Crippen molar-refractivity contribution >= 4 is 41.1 Å². The predicted octanol–water partition coefficient (Wildman–Crippen LogP) is 8.69. The minimum atomic E-state index is -0.835. The van der Waals surface area contributed by atoms with E-state index in [-0.39, 0.29) is 94.0 Å². The van der Waals surface area contributed by atoms with Gasteiger partial charge in [-0.05, 0) is 145 Å². The molecular formula is C50H70ClN3O7. The molecule has 0 radical (unpaired) electrons. The normalized spacial score (nSPS) is 41.1. The summed E-state index contributed by atoms with van der Waals surface area (Å²) in [6, 6.07) is 6.18. The number of hydrogen-bond acceptors (Lipinski definition) is 7. The van der Waals surface area contributed by atoms with Crippen molar-refractivity contribution in [3.8, 4) is 0 Å². The fourth-order valence-corrected chi connectivity index (χ4v) is 16.1. The number of carbonyl (C=O) groups is 5. The van der Waals surface area contributed by atoms with Crippen LogP contribution in [0.1, 0.15) is 149 Å². The summed E-state index contributed by atoms with van der Waals surface area (Å²) in [5.41, 5.74) is 7.57. The lowest BCUT2D eigenvalue weighted by molar-refractivity contribution is -0.320. The van der Waals surface area contributed by atoms with Gasteiger partial charge < -0.3 is 26.2 Å². The second-order valence-corrected chi connectivity index (χ2v) is 23.1. The third-order valence-corrected chi connectivity index (χ3v) is 20.2. The van der Waals surface area contributed by atoms with Crippen LogP contribution in [0.2, 0.25) is 5.02 Å². The number of allylic oxidation sites excluding steroid dienone is 2. The van der Waals surface area contributed by atoms with E-state index in [1.807, 2.05) is 13.8 Å². The topological polar surface area (TPSA) is 165 Å². The van der Waals surface area contributed by atoms with Gasteiger partial charge in [-0.3, -0.25) is 24.0 Å². The third kappa shape index (κ3) is 6.27. The van der Waals surface area contributed by atoms with E-state index in [1.165, 1.54) is 5.57 Å². The molecule has 6 saturated carbocycles. The Morgan fingerprint density at radius 2 is 1.51 bits per heavy atom. The van der Waals surface area contributed by atoms with Crippen molar-refractivity contribution in [2.24, 2.45) is 73.2 Å². The number of fused-ring (bicyclic) bond motifs is 6. The number of ketones is 1. The standard InChI is InChI=1S/C50H70ClN3O7/c1-28(2)39-35(55)24-49(25-38(56)53-27-31(26-52)54-41(57)29-9-11-30(51)12-10-29)20-17-45(5)32(40(39)49)13-14-36-46(45,6)18-21-50-22-19-48(50,8)37(15-16-47(36,50)7)61-43(60)34-23-33(42(58)59)44(34,3)4/h9-12,28,31-34,36-37H,13-27,52H2,1-8H3,(H,53,56)(H,54,57)(H,58,59)/t31?,32-,33+,34-,36+,37+,45-,46?,47-,48-,49?,50+/m1/s1. The molecule has 2 amide bonds. The van der Waals surface area contributed by atoms with Gasteiger partial charge in [0, 0.05) is 47.3 Å². The number of hydrogen-bond donors (Lipinski definition) is 4. The Labute approximate surface area is 367 Å². The Hall–Kier alpha value is -3.24. The van der Waals surface area contributed by atoms with E-state index < -0.39 is 28.8 Å². The number of esters is 1. The van der Waals surface area contributed by atoms with Crippen molar-refractivity contribution in [1.29, 1.82) is 0 Å². The van der Waals surface area contributed by atoms with E-state index in [4.69, 9.17) is 22.1 Å². The number of ether oxygens (including phenoxy) is 1. The molecule has 7 aliphatic carbocycles. The molecule has 12 atom stereocenters. The van der Waals surface area contributed by atoms with Gasteiger partial charge in [0.1, 0.15) is 6.10 Å². The molecule has 0 aromatic heterocycles. The number of Topliss-reactive ketones (excluding diaryl/α,β-unsaturated/α-hetero) is 1. The van der Waals surface area contributed by atoms with Crippen LogP contribution in [0.3, 0.4) is 0 Å². The number of aliphatic carboxylic acids is 1. The Morgan fingerprint density at radius 3 is 2.11 bits per heavy atom. The van der Waals surface area contributed by atoms with Gasteiger partial charge in [-0.15, -0.1) is 0 Å². The monoisotopic (exact) mass is 859 g/mol. The molecule has 6 fully saturated rings. The number of carbonyl (C=O) groups excluding carboxylic acids is 4. The summed E-state index contributed by atoms with van der Waals surface area (Å²) in [5, 5.41) is 16.3. The van der Waals surface area contributed by atoms with E-state index >= 15 is 0 Å². The second-order valence-electron chi connectivity index (χ2n) is 22.7. The second kappa shape index (κ2) is 14.9. The van der Waals surface area contributed by atoms with E-state index in [0.29, 0.717) is 29.3 Å². The minimum Gasteiger partial charge on any atom is -0.481 e. The van der Waals surface area contributed by atoms with Crippen LogP contribution >= 0.6 is 11.6 Å². The first-order chi connectivity index (χ1) is 28.5. The van der Waals surface area contributed by atoms with Crippen LogP contribution in [-0.2, 0) is 23.9 Å². The zero-order valence-corrected chi connectivity index (χ0v) is 38.6. The maximum atomic E-state index is 14.2. The van der Waals surface area contributed by atoms with Crippen LogP contribution in [0.5, 0.6) is 0 Å². The molecule has 1 aromatic carbocycles. The number of rotatable bonds is 11. The molecule has 11 heteroatoms. The molecular weight excluding hydrogens is 790 g/mol. The molecule has 0 heterocycles. The summed E-state index contributed by atoms with van der Waals surface area (Å²) < 4.78 is 6.53. The van der Waals surface area contributed by atoms with Crippen LogP contribution in [-0.4, -0.2) is 59.9 Å². The van der Waals surface area contributed by atoms with Gasteiger partial charge in [-0.2, -0.15) is 0 Å². The molecule has 10 nitrogen and oxygen atoms in total. The van der Waals surface area contributed by atoms with Crippen molar-refractivity contribution in [1.82, 2.24) is 10.6 Å². The van der Waals surface area contributed by atoms with Gasteiger partial charge in [-0.1, -0.05) is 72.6 Å². The van der Waals surface area contributed by atoms with Gasteiger partial charge in [0.05, 0.1) is 17.9 Å². The van der Waals surface area contributed by atoms with E-state index in [2.05, 4.69) is 52.2 Å². The molecule has 1 aromatic rings. The maximum Gasteiger partial charge on any atom is 0.309 e. The highest BCUT2D eigenvalue weighted by molar-refractivity contribution is 6.30. The Kier molecular flexibility index (Phi) is 10.9. The third-order valence-electron chi connectivity index (χ3n) is 19.9. The molecule has 1 spiro atoms. The summed E-state index contributed by atoms with van der Waals surface area (Å²) in [7, 11) is 0. The average Bonchev–Trinajstić information content (AvgIpc) is 3.48. The maximum absolute atomic E-state index is 14.2. The fourth-order valence-electron chi connectivity index (χ4n) is 16.0. The van der Waals surface area contributed by atoms with Gasteiger partial charge in [0.25, 0.3) is 5.91 Å². The minimum absolute atomic E-state index is 0.0174. The lowest BCUT2D eigenvalue weighted by Gasteiger charge is -2.79. The van der Waals surface area contributed by atoms with Crippen molar-refractivity contribution in [3.63, 3.8) is 0 Å². The van der Waals surface area contributed by atoms with Gasteiger partial charge >= 0.3 is 11.9 Å². The first-order valence-corrected chi connectivity index (χ1v) is 23.7. The van der Waals surface area contributed by atoms with Crippen molar-refractivity contribution in [3.05, 3.63) is 46.0 Å². The molecule has 0 aliphatic heterocycles. The van der Waals surface area contributed by atoms with Crippen LogP contribution < -0.4 is 16.4 Å². The molecule has 334 valence electrons. The molecule has 8 rings (SSSR count). The van der Waals surface area contributed by atoms with E-state index in [0.717, 1.165) is 69.8 Å². The number of nitrogens with two attached hydrogens (primary N) is 1. The number of carboxylic acids is 1. The summed E-state index contributed by atoms with van der Waals surface area (Å²) >= 11 is 6.01. The number of halogens is 1. The van der Waals surface area contributed by atoms with Crippen molar-refractivity contribution in [2.75, 3.05) is 13.1 Å². The van der Waals surface area contributed by atoms with Gasteiger partial charge in [0.2, 0.25) is 5.91 Å². The smallest absolute Gasteiger partial charge is 0.309 e. The largest absolute Gasteiger partial charge is 0.481 e. The lowest BCUT2D eigenvalue weighted by Crippen LogP contribution is -2.74. The van der Waals surface area contributed by atoms with Crippen LogP contribution in [0.25, 0.3) is 0 Å². The summed E-state index contributed by atoms with van der Waals surface area (Å²) in [4.78, 5) is 66.8. The van der Waals surface area contributed by atoms with Crippen LogP contribution in [0, 0.1) is 67.5 Å². The Morgan fingerprint density at radius 1 is 0.852 bits per heavy atom. The fraction of sp³-hybridized carbons (Fsp3) is 0.740. The predicted molar refractivity (Wildman–Crippen MR) is 234 cm³/mol. The summed E-state index contributed by atoms with van der Waals surface area (Å²) in [6.07, 6.45) is 10.8. The van der Waals surface area contributed by atoms with Gasteiger partial charge in [0.15, 0.2) is 5.78 Å². The molecule has 0 bridgehead atoms. The molecule has 0 saturated heterocycles. The number of nitrogens with one attached hydrogen (secondary N) is 2. The number of carboxylic acid groups (broad SMARTS) is 1. The highest BCUT2D eigenvalue weighted by Gasteiger charge is 2.78. The Bertz CT molecular complexity index is 2050. The quantitative estimate of drug-likeness (QED) is 0.161. The molecule has 61 heavy (non-hydrogen) atoms. The van der Waals surface area contributed by atoms with Crippen LogP contribution in [0.4, 0.5) is 0 Å². The molecule has 3 unspecified atom stereocenters. The van der Waals surface area contributed by atoms with Crippen molar-refractivity contribution in [2.45, 2.75) is 151 Å². The number of benzene rings is 1. The summed E-state index contributed by atoms with van der Waals surface area (Å²) in [5.74, 6) is -1.42. The highest BCUT2D eigenvalue weighted by Crippen LogP contribution is 2.84. The van der Waals surface area contributed by atoms with Crippen molar-refractivity contribution < 1.29 is 33.8 Å². The lowest BCUT2D eigenvalue weighted by atomic mass is 9.25. The first kappa shape index (κ1) is 44.4. The zero-order valence-electron chi connectivity index (χ0n) is 37.8. The first-order valence-electron chi connectivity index (χ1n) is 23.3.